The highest BCUT2D eigenvalue weighted by Gasteiger charge is 2.43. The summed E-state index contributed by atoms with van der Waals surface area (Å²) in [5.74, 6) is 2.06. The van der Waals surface area contributed by atoms with E-state index in [0.29, 0.717) is 43.1 Å². The lowest BCUT2D eigenvalue weighted by Gasteiger charge is -2.38. The molecule has 13 heteroatoms. The summed E-state index contributed by atoms with van der Waals surface area (Å²) in [4.78, 5) is 32.3. The Bertz CT molecular complexity index is 1620. The lowest BCUT2D eigenvalue weighted by Crippen LogP contribution is -2.50. The molecule has 1 saturated carbocycles. The molecule has 6 rings (SSSR count). The number of methoxy groups -OCH3 is 1. The number of aromatic amines is 1. The number of H-pyrrole nitrogens is 1. The topological polar surface area (TPSA) is 148 Å². The summed E-state index contributed by atoms with van der Waals surface area (Å²) in [6.45, 7) is 5.86. The predicted octanol–water partition coefficient (Wildman–Crippen LogP) is 4.39. The number of carbonyl (C=O) groups is 1. The molecule has 1 fully saturated rings. The van der Waals surface area contributed by atoms with Gasteiger partial charge < -0.3 is 15.4 Å². The molecule has 5 heterocycles. The van der Waals surface area contributed by atoms with Crippen LogP contribution in [0, 0.1) is 12.7 Å². The minimum Gasteiger partial charge on any atom is -0.368 e. The third-order valence-corrected chi connectivity index (χ3v) is 8.13. The third kappa shape index (κ3) is 5.27. The molecule has 3 N–H and O–H groups in total. The standard InChI is InChI=1S/C29H33FN10O2/c1-16-11-23(39-38-16)35-27-22-14-31-18(3)25(22)36-26(37-27)19-7-9-29(42-4,10-8-19)28(41)34-17(2)20-5-6-24(32-12-20)40-15-21(30)13-33-40/h5-6,11-15,17-19H,7-10H2,1-4H3,(H,34,41)(H2,35,36,37,38,39)/t17-,18?,19?,29?/m0/s1. The first-order chi connectivity index (χ1) is 20.2. The van der Waals surface area contributed by atoms with Gasteiger partial charge in [-0.3, -0.25) is 14.9 Å². The molecule has 0 aromatic carbocycles. The molecule has 0 bridgehead atoms. The van der Waals surface area contributed by atoms with E-state index in [4.69, 9.17) is 14.7 Å². The average molecular weight is 573 g/mol. The smallest absolute Gasteiger partial charge is 0.252 e. The maximum atomic E-state index is 13.5. The number of fused-ring (bicyclic) bond motifs is 1. The van der Waals surface area contributed by atoms with E-state index in [0.717, 1.165) is 34.5 Å². The number of rotatable bonds is 8. The summed E-state index contributed by atoms with van der Waals surface area (Å²) < 4.78 is 20.5. The van der Waals surface area contributed by atoms with Gasteiger partial charge in [0.15, 0.2) is 17.5 Å². The SMILES string of the molecule is COC1(C(=O)N[C@@H](C)c2ccc(-n3cc(F)cn3)nc2)CCC(c2nc(Nc3cc(C)[nH]n3)c3c(n2)C(C)N=C3)CC1. The van der Waals surface area contributed by atoms with E-state index in [1.165, 1.54) is 10.9 Å². The molecule has 2 aliphatic rings. The number of aromatic nitrogens is 7. The van der Waals surface area contributed by atoms with E-state index >= 15 is 0 Å². The van der Waals surface area contributed by atoms with Crippen LogP contribution in [0.25, 0.3) is 5.82 Å². The lowest BCUT2D eigenvalue weighted by molar-refractivity contribution is -0.148. The Morgan fingerprint density at radius 1 is 1.24 bits per heavy atom. The number of hydrogen-bond donors (Lipinski definition) is 3. The third-order valence-electron chi connectivity index (χ3n) is 8.13. The Morgan fingerprint density at radius 3 is 2.69 bits per heavy atom. The molecule has 4 aromatic heterocycles. The van der Waals surface area contributed by atoms with Crippen LogP contribution >= 0.6 is 0 Å². The maximum Gasteiger partial charge on any atom is 0.252 e. The minimum atomic E-state index is -0.953. The first-order valence-electron chi connectivity index (χ1n) is 14.0. The number of hydrogen-bond acceptors (Lipinski definition) is 9. The van der Waals surface area contributed by atoms with Crippen LogP contribution in [0.4, 0.5) is 16.0 Å². The van der Waals surface area contributed by atoms with E-state index in [1.807, 2.05) is 39.1 Å². The number of carbonyl (C=O) groups excluding carboxylic acids is 1. The molecule has 0 spiro atoms. The van der Waals surface area contributed by atoms with E-state index in [-0.39, 0.29) is 23.9 Å². The van der Waals surface area contributed by atoms with Crippen LogP contribution in [0.5, 0.6) is 0 Å². The second-order valence-electron chi connectivity index (χ2n) is 11.0. The molecule has 218 valence electrons. The summed E-state index contributed by atoms with van der Waals surface area (Å²) in [5.41, 5.74) is 2.57. The van der Waals surface area contributed by atoms with Crippen LogP contribution in [0.2, 0.25) is 0 Å². The first-order valence-corrected chi connectivity index (χ1v) is 14.0. The molecule has 0 radical (unpaired) electrons. The van der Waals surface area contributed by atoms with Crippen molar-refractivity contribution < 1.29 is 13.9 Å². The van der Waals surface area contributed by atoms with Crippen molar-refractivity contribution in [3.63, 3.8) is 0 Å². The summed E-state index contributed by atoms with van der Waals surface area (Å²) in [6, 6.07) is 5.14. The van der Waals surface area contributed by atoms with Crippen molar-refractivity contribution in [2.24, 2.45) is 4.99 Å². The molecule has 0 saturated heterocycles. The van der Waals surface area contributed by atoms with Crippen LogP contribution < -0.4 is 10.6 Å². The summed E-state index contributed by atoms with van der Waals surface area (Å²) in [6.07, 6.45) is 8.30. The van der Waals surface area contributed by atoms with Gasteiger partial charge in [-0.05, 0) is 58.1 Å². The lowest BCUT2D eigenvalue weighted by atomic mass is 9.77. The Balaban J connectivity index is 1.14. The molecule has 42 heavy (non-hydrogen) atoms. The van der Waals surface area contributed by atoms with Crippen LogP contribution in [0.15, 0.2) is 41.8 Å². The Labute approximate surface area is 242 Å². The van der Waals surface area contributed by atoms with Crippen molar-refractivity contribution in [3.8, 4) is 5.82 Å². The number of nitrogens with zero attached hydrogens (tertiary/aromatic N) is 7. The second kappa shape index (κ2) is 11.0. The monoisotopic (exact) mass is 572 g/mol. The van der Waals surface area contributed by atoms with Crippen molar-refractivity contribution in [1.29, 1.82) is 0 Å². The molecule has 1 aliphatic heterocycles. The van der Waals surface area contributed by atoms with Crippen LogP contribution in [-0.2, 0) is 9.53 Å². The number of nitrogens with one attached hydrogen (secondary N) is 3. The Kier molecular flexibility index (Phi) is 7.27. The highest BCUT2D eigenvalue weighted by atomic mass is 19.1. The normalized spacial score (nSPS) is 22.1. The average Bonchev–Trinajstić information content (AvgIpc) is 3.73. The second-order valence-corrected chi connectivity index (χ2v) is 11.0. The Morgan fingerprint density at radius 2 is 2.05 bits per heavy atom. The fourth-order valence-electron chi connectivity index (χ4n) is 5.58. The number of amides is 1. The summed E-state index contributed by atoms with van der Waals surface area (Å²) in [7, 11) is 1.59. The highest BCUT2D eigenvalue weighted by Crippen LogP contribution is 2.41. The van der Waals surface area contributed by atoms with Gasteiger partial charge >= 0.3 is 0 Å². The van der Waals surface area contributed by atoms with Crippen molar-refractivity contribution >= 4 is 23.8 Å². The van der Waals surface area contributed by atoms with Gasteiger partial charge in [0.05, 0.1) is 35.7 Å². The van der Waals surface area contributed by atoms with Gasteiger partial charge in [-0.1, -0.05) is 6.07 Å². The molecule has 4 aromatic rings. The molecular weight excluding hydrogens is 539 g/mol. The summed E-state index contributed by atoms with van der Waals surface area (Å²) >= 11 is 0. The van der Waals surface area contributed by atoms with E-state index in [1.54, 1.807) is 19.4 Å². The maximum absolute atomic E-state index is 13.5. The predicted molar refractivity (Wildman–Crippen MR) is 153 cm³/mol. The summed E-state index contributed by atoms with van der Waals surface area (Å²) in [5, 5.41) is 17.6. The molecule has 1 unspecified atom stereocenters. The number of halogens is 1. The van der Waals surface area contributed by atoms with E-state index in [2.05, 4.69) is 35.9 Å². The van der Waals surface area contributed by atoms with E-state index in [9.17, 15) is 9.18 Å². The van der Waals surface area contributed by atoms with Gasteiger partial charge in [-0.15, -0.1) is 0 Å². The number of aliphatic imine (C=N–C) groups is 1. The van der Waals surface area contributed by atoms with Crippen LogP contribution in [0.3, 0.4) is 0 Å². The van der Waals surface area contributed by atoms with Gasteiger partial charge in [-0.2, -0.15) is 10.2 Å². The zero-order chi connectivity index (χ0) is 29.4. The zero-order valence-corrected chi connectivity index (χ0v) is 23.9. The number of aryl methyl sites for hydroxylation is 1. The van der Waals surface area contributed by atoms with Gasteiger partial charge in [0.25, 0.3) is 5.91 Å². The zero-order valence-electron chi connectivity index (χ0n) is 23.9. The van der Waals surface area contributed by atoms with Crippen molar-refractivity contribution in [2.75, 3.05) is 12.4 Å². The molecule has 1 amide bonds. The number of anilines is 2. The molecule has 2 atom stereocenters. The fourth-order valence-corrected chi connectivity index (χ4v) is 5.58. The van der Waals surface area contributed by atoms with Crippen LogP contribution in [0.1, 0.15) is 85.9 Å². The van der Waals surface area contributed by atoms with Crippen molar-refractivity contribution in [1.82, 2.24) is 40.2 Å². The number of pyridine rings is 1. The first kappa shape index (κ1) is 27.6. The van der Waals surface area contributed by atoms with Gasteiger partial charge in [-0.25, -0.2) is 24.0 Å². The number of ether oxygens (including phenoxy) is 1. The molecule has 1 aliphatic carbocycles. The van der Waals surface area contributed by atoms with Gasteiger partial charge in [0, 0.05) is 37.2 Å². The highest BCUT2D eigenvalue weighted by molar-refractivity contribution is 5.91. The van der Waals surface area contributed by atoms with E-state index < -0.39 is 11.4 Å². The quantitative estimate of drug-likeness (QED) is 0.282. The Hall–Kier alpha value is -4.52. The van der Waals surface area contributed by atoms with Crippen LogP contribution in [-0.4, -0.2) is 59.8 Å². The van der Waals surface area contributed by atoms with Gasteiger partial charge in [0.2, 0.25) is 0 Å². The largest absolute Gasteiger partial charge is 0.368 e. The molecular formula is C29H33FN10O2. The van der Waals surface area contributed by atoms with Gasteiger partial charge in [0.1, 0.15) is 17.2 Å². The van der Waals surface area contributed by atoms with Crippen molar-refractivity contribution in [2.45, 2.75) is 70.1 Å². The minimum absolute atomic E-state index is 0.0543. The van der Waals surface area contributed by atoms with Crippen molar-refractivity contribution in [3.05, 3.63) is 70.9 Å². The molecule has 12 nitrogen and oxygen atoms in total. The fraction of sp³-hybridized carbons (Fsp3) is 0.414.